The Morgan fingerprint density at radius 1 is 1.23 bits per heavy atom. The fraction of sp³-hybridized carbons (Fsp3) is 0.500. The lowest BCUT2D eigenvalue weighted by atomic mass is 9.79. The van der Waals surface area contributed by atoms with Crippen LogP contribution in [-0.2, 0) is 14.2 Å². The molecule has 4 rings (SSSR count). The largest absolute Gasteiger partial charge is 0.509 e. The molecule has 0 bridgehead atoms. The smallest absolute Gasteiger partial charge is 0.506 e. The Labute approximate surface area is 177 Å². The van der Waals surface area contributed by atoms with E-state index in [0.29, 0.717) is 17.7 Å². The summed E-state index contributed by atoms with van der Waals surface area (Å²) in [6.07, 6.45) is -2.37. The number of Topliss-reactive ketones (excluding diaryl/α,β-unsaturated/α-hetero) is 1. The van der Waals surface area contributed by atoms with Crippen molar-refractivity contribution in [1.82, 2.24) is 0 Å². The van der Waals surface area contributed by atoms with Crippen molar-refractivity contribution in [3.63, 3.8) is 0 Å². The van der Waals surface area contributed by atoms with E-state index in [9.17, 15) is 19.5 Å². The Hall–Kier alpha value is -3.07. The van der Waals surface area contributed by atoms with Gasteiger partial charge < -0.3 is 28.5 Å². The van der Waals surface area contributed by atoms with E-state index in [2.05, 4.69) is 0 Å². The number of benzene rings is 1. The first-order valence-corrected chi connectivity index (χ1v) is 10.1. The number of ether oxygens (including phenoxy) is 4. The summed E-state index contributed by atoms with van der Waals surface area (Å²) in [5.41, 5.74) is -1.45. The monoisotopic (exact) mass is 432 g/mol. The van der Waals surface area contributed by atoms with Gasteiger partial charge in [0.1, 0.15) is 22.6 Å². The van der Waals surface area contributed by atoms with E-state index in [0.717, 1.165) is 0 Å². The van der Waals surface area contributed by atoms with Crippen LogP contribution >= 0.6 is 0 Å². The van der Waals surface area contributed by atoms with Crippen LogP contribution in [0, 0.1) is 12.8 Å². The van der Waals surface area contributed by atoms with Crippen LogP contribution in [0.15, 0.2) is 21.3 Å². The van der Waals surface area contributed by atoms with E-state index in [1.54, 1.807) is 13.0 Å². The molecule has 0 radical (unpaired) electrons. The van der Waals surface area contributed by atoms with Crippen molar-refractivity contribution in [1.29, 1.82) is 0 Å². The van der Waals surface area contributed by atoms with Crippen LogP contribution in [0.4, 0.5) is 4.79 Å². The first kappa shape index (κ1) is 21.2. The molecule has 1 N–H and O–H groups in total. The minimum absolute atomic E-state index is 0.0867. The third kappa shape index (κ3) is 3.23. The molecule has 3 heterocycles. The lowest BCUT2D eigenvalue weighted by Gasteiger charge is -2.46. The summed E-state index contributed by atoms with van der Waals surface area (Å²) in [4.78, 5) is 35.7. The zero-order valence-corrected chi connectivity index (χ0v) is 17.9. The molecule has 2 aromatic rings. The van der Waals surface area contributed by atoms with Crippen LogP contribution in [0.25, 0.3) is 11.0 Å². The Kier molecular flexibility index (Phi) is 4.96. The van der Waals surface area contributed by atoms with Gasteiger partial charge in [0.15, 0.2) is 11.9 Å². The van der Waals surface area contributed by atoms with Gasteiger partial charge in [-0.25, -0.2) is 9.59 Å². The van der Waals surface area contributed by atoms with E-state index < -0.39 is 53.0 Å². The van der Waals surface area contributed by atoms with Crippen molar-refractivity contribution in [3.05, 3.63) is 33.7 Å². The third-order valence-electron chi connectivity index (χ3n) is 6.44. The molecule has 0 amide bonds. The first-order chi connectivity index (χ1) is 14.6. The van der Waals surface area contributed by atoms with Crippen LogP contribution in [0.2, 0.25) is 0 Å². The Morgan fingerprint density at radius 3 is 2.55 bits per heavy atom. The molecule has 1 aromatic carbocycles. The van der Waals surface area contributed by atoms with Gasteiger partial charge in [-0.3, -0.25) is 4.79 Å². The highest BCUT2D eigenvalue weighted by molar-refractivity contribution is 6.02. The van der Waals surface area contributed by atoms with E-state index in [4.69, 9.17) is 23.4 Å². The summed E-state index contributed by atoms with van der Waals surface area (Å²) >= 11 is 0. The number of rotatable bonds is 4. The van der Waals surface area contributed by atoms with Gasteiger partial charge >= 0.3 is 11.8 Å². The molecule has 9 nitrogen and oxygen atoms in total. The summed E-state index contributed by atoms with van der Waals surface area (Å²) in [6, 6.07) is 3.06. The summed E-state index contributed by atoms with van der Waals surface area (Å²) in [5, 5.41) is 10.6. The molecule has 166 valence electrons. The summed E-state index contributed by atoms with van der Waals surface area (Å²) in [6.45, 7) is 8.65. The van der Waals surface area contributed by atoms with Gasteiger partial charge in [-0.05, 0) is 39.3 Å². The molecule has 9 heteroatoms. The molecule has 31 heavy (non-hydrogen) atoms. The number of hydrogen-bond donors (Lipinski definition) is 1. The first-order valence-electron chi connectivity index (χ1n) is 10.1. The highest BCUT2D eigenvalue weighted by Crippen LogP contribution is 2.43. The van der Waals surface area contributed by atoms with Crippen molar-refractivity contribution in [2.45, 2.75) is 65.1 Å². The normalized spacial score (nSPS) is 29.9. The van der Waals surface area contributed by atoms with Gasteiger partial charge in [0.25, 0.3) is 0 Å². The minimum Gasteiger partial charge on any atom is -0.506 e. The Morgan fingerprint density at radius 2 is 1.90 bits per heavy atom. The number of carbonyl (C=O) groups excluding carboxylic acids is 2. The predicted molar refractivity (Wildman–Crippen MR) is 107 cm³/mol. The van der Waals surface area contributed by atoms with Gasteiger partial charge in [0, 0.05) is 11.5 Å². The highest BCUT2D eigenvalue weighted by Gasteiger charge is 2.57. The Bertz CT molecular complexity index is 1130. The van der Waals surface area contributed by atoms with Crippen LogP contribution in [0.3, 0.4) is 0 Å². The number of ketones is 1. The molecular weight excluding hydrogens is 408 g/mol. The molecule has 0 aliphatic carbocycles. The second-order valence-corrected chi connectivity index (χ2v) is 8.21. The lowest BCUT2D eigenvalue weighted by molar-refractivity contribution is -0.267. The van der Waals surface area contributed by atoms with Gasteiger partial charge in [-0.2, -0.15) is 0 Å². The predicted octanol–water partition coefficient (Wildman–Crippen LogP) is 3.45. The second kappa shape index (κ2) is 7.26. The molecule has 0 spiro atoms. The quantitative estimate of drug-likeness (QED) is 0.440. The lowest BCUT2D eigenvalue weighted by Crippen LogP contribution is -2.59. The molecule has 2 saturated heterocycles. The fourth-order valence-electron chi connectivity index (χ4n) is 4.19. The minimum atomic E-state index is -0.953. The number of aromatic hydroxyl groups is 1. The van der Waals surface area contributed by atoms with Crippen LogP contribution in [-0.4, -0.2) is 41.1 Å². The maximum absolute atomic E-state index is 12.2. The van der Waals surface area contributed by atoms with E-state index in [1.807, 2.05) is 20.8 Å². The molecule has 1 unspecified atom stereocenters. The van der Waals surface area contributed by atoms with Gasteiger partial charge in [0.05, 0.1) is 11.0 Å². The molecule has 2 aliphatic rings. The molecule has 2 aliphatic heterocycles. The van der Waals surface area contributed by atoms with Crippen LogP contribution < -0.4 is 10.4 Å². The Balaban J connectivity index is 1.75. The SMILES string of the molecule is CC[C@]1(C)OC(Oc2ccc3c(O)c(C(C)=O)c(=O)oc3c2C)[C@@H]2OC(=O)O[C@@H]2[C@H]1C. The molecule has 2 fully saturated rings. The second-order valence-electron chi connectivity index (χ2n) is 8.21. The summed E-state index contributed by atoms with van der Waals surface area (Å²) < 4.78 is 28.2. The van der Waals surface area contributed by atoms with E-state index >= 15 is 0 Å². The molecular formula is C22H24O9. The van der Waals surface area contributed by atoms with E-state index in [-0.39, 0.29) is 16.9 Å². The average Bonchev–Trinajstić information content (AvgIpc) is 3.10. The van der Waals surface area contributed by atoms with Crippen molar-refractivity contribution in [2.75, 3.05) is 0 Å². The number of hydrogen-bond acceptors (Lipinski definition) is 9. The summed E-state index contributed by atoms with van der Waals surface area (Å²) in [7, 11) is 0. The topological polar surface area (TPSA) is 122 Å². The maximum Gasteiger partial charge on any atom is 0.509 e. The van der Waals surface area contributed by atoms with Crippen molar-refractivity contribution in [2.24, 2.45) is 5.92 Å². The fourth-order valence-corrected chi connectivity index (χ4v) is 4.19. The summed E-state index contributed by atoms with van der Waals surface area (Å²) in [5.74, 6) is -0.839. The van der Waals surface area contributed by atoms with Gasteiger partial charge in [-0.1, -0.05) is 13.8 Å². The third-order valence-corrected chi connectivity index (χ3v) is 6.44. The van der Waals surface area contributed by atoms with Gasteiger partial charge in [0.2, 0.25) is 12.4 Å². The zero-order valence-electron chi connectivity index (χ0n) is 17.9. The number of aryl methyl sites for hydroxylation is 1. The van der Waals surface area contributed by atoms with Crippen molar-refractivity contribution >= 4 is 22.9 Å². The molecule has 1 aromatic heterocycles. The van der Waals surface area contributed by atoms with E-state index in [1.165, 1.54) is 13.0 Å². The number of fused-ring (bicyclic) bond motifs is 2. The van der Waals surface area contributed by atoms with Crippen molar-refractivity contribution in [3.8, 4) is 11.5 Å². The van der Waals surface area contributed by atoms with Crippen LogP contribution in [0.1, 0.15) is 50.0 Å². The average molecular weight is 432 g/mol. The zero-order chi connectivity index (χ0) is 22.7. The highest BCUT2D eigenvalue weighted by atomic mass is 16.8. The maximum atomic E-state index is 12.2. The molecule has 5 atom stereocenters. The van der Waals surface area contributed by atoms with Gasteiger partial charge in [-0.15, -0.1) is 0 Å². The van der Waals surface area contributed by atoms with Crippen molar-refractivity contribution < 1.29 is 38.1 Å². The number of carbonyl (C=O) groups is 2. The standard InChI is InChI=1S/C22H24O9/c1-6-22(5)10(3)17-18(30-21(26)29-17)20(31-22)27-13-8-7-12-15(24)14(11(4)23)19(25)28-16(12)9(13)2/h7-8,10,17-18,20,24H,6H2,1-5H3/t10-,17-,18-,20?,22+/m1/s1. The van der Waals surface area contributed by atoms with Crippen LogP contribution in [0.5, 0.6) is 11.5 Å². The molecule has 0 saturated carbocycles.